The third kappa shape index (κ3) is 3.99. The first-order valence-electron chi connectivity index (χ1n) is 7.80. The van der Waals surface area contributed by atoms with Gasteiger partial charge in [-0.05, 0) is 48.6 Å². The molecule has 1 fully saturated rings. The van der Waals surface area contributed by atoms with E-state index >= 15 is 0 Å². The maximum absolute atomic E-state index is 12.7. The van der Waals surface area contributed by atoms with E-state index in [1.54, 1.807) is 0 Å². The molecule has 27 heavy (non-hydrogen) atoms. The molecule has 2 aromatic carbocycles. The smallest absolute Gasteiger partial charge is 0.341 e. The highest BCUT2D eigenvalue weighted by Gasteiger charge is 2.29. The minimum absolute atomic E-state index is 0.143. The van der Waals surface area contributed by atoms with E-state index in [4.69, 9.17) is 11.6 Å². The van der Waals surface area contributed by atoms with Gasteiger partial charge in [-0.25, -0.2) is 13.2 Å². The Labute approximate surface area is 169 Å². The van der Waals surface area contributed by atoms with E-state index < -0.39 is 32.4 Å². The van der Waals surface area contributed by atoms with Gasteiger partial charge in [-0.2, -0.15) is 0 Å². The molecular formula is C17H15BrClNO6S. The number of rotatable bonds is 5. The van der Waals surface area contributed by atoms with E-state index in [9.17, 15) is 23.4 Å². The SMILES string of the molecule is COC(=O)c1cc(C2CC2)cc(NS(=O)(=O)c2cc(Br)cc(Cl)c2O)c1O. The van der Waals surface area contributed by atoms with Crippen molar-refractivity contribution in [3.63, 3.8) is 0 Å². The Balaban J connectivity index is 2.09. The van der Waals surface area contributed by atoms with Crippen molar-refractivity contribution in [2.45, 2.75) is 23.7 Å². The van der Waals surface area contributed by atoms with E-state index in [1.807, 2.05) is 0 Å². The van der Waals surface area contributed by atoms with E-state index in [-0.39, 0.29) is 22.2 Å². The number of aromatic hydroxyl groups is 2. The number of benzene rings is 2. The number of nitrogens with one attached hydrogen (secondary N) is 1. The van der Waals surface area contributed by atoms with Gasteiger partial charge >= 0.3 is 5.97 Å². The largest absolute Gasteiger partial charge is 0.505 e. The predicted octanol–water partition coefficient (Wildman–Crippen LogP) is 3.98. The second-order valence-corrected chi connectivity index (χ2v) is 9.04. The van der Waals surface area contributed by atoms with Crippen molar-refractivity contribution < 1.29 is 28.2 Å². The molecule has 0 spiro atoms. The van der Waals surface area contributed by atoms with Gasteiger partial charge < -0.3 is 14.9 Å². The molecule has 0 amide bonds. The number of phenolic OH excluding ortho intramolecular Hbond substituents is 2. The lowest BCUT2D eigenvalue weighted by Gasteiger charge is -2.15. The molecule has 3 rings (SSSR count). The van der Waals surface area contributed by atoms with Crippen LogP contribution in [0.3, 0.4) is 0 Å². The highest BCUT2D eigenvalue weighted by atomic mass is 79.9. The summed E-state index contributed by atoms with van der Waals surface area (Å²) >= 11 is 8.96. The van der Waals surface area contributed by atoms with Crippen LogP contribution in [0, 0.1) is 0 Å². The second kappa shape index (κ2) is 7.21. The first-order valence-corrected chi connectivity index (χ1v) is 10.5. The summed E-state index contributed by atoms with van der Waals surface area (Å²) in [5.74, 6) is -1.79. The Hall–Kier alpha value is -1.97. The molecule has 0 bridgehead atoms. The number of carbonyl (C=O) groups is 1. The first-order chi connectivity index (χ1) is 12.6. The molecule has 1 aliphatic carbocycles. The second-order valence-electron chi connectivity index (χ2n) is 6.07. The molecule has 1 aliphatic rings. The number of phenols is 2. The quantitative estimate of drug-likeness (QED) is 0.444. The van der Waals surface area contributed by atoms with Gasteiger partial charge in [0, 0.05) is 4.47 Å². The molecule has 7 nitrogen and oxygen atoms in total. The monoisotopic (exact) mass is 475 g/mol. The number of ether oxygens (including phenoxy) is 1. The fraction of sp³-hybridized carbons (Fsp3) is 0.235. The van der Waals surface area contributed by atoms with Crippen molar-refractivity contribution in [1.82, 2.24) is 0 Å². The number of carbonyl (C=O) groups excluding carboxylic acids is 1. The van der Waals surface area contributed by atoms with Gasteiger partial charge in [0.25, 0.3) is 10.0 Å². The number of anilines is 1. The topological polar surface area (TPSA) is 113 Å². The molecule has 3 N–H and O–H groups in total. The zero-order valence-electron chi connectivity index (χ0n) is 14.0. The Kier molecular flexibility index (Phi) is 5.29. The normalized spacial score (nSPS) is 14.0. The van der Waals surface area contributed by atoms with Crippen LogP contribution < -0.4 is 4.72 Å². The lowest BCUT2D eigenvalue weighted by Crippen LogP contribution is -2.15. The Morgan fingerprint density at radius 1 is 1.22 bits per heavy atom. The molecule has 2 aromatic rings. The van der Waals surface area contributed by atoms with Crippen LogP contribution in [0.25, 0.3) is 0 Å². The van der Waals surface area contributed by atoms with Crippen LogP contribution in [0.5, 0.6) is 11.5 Å². The molecule has 1 saturated carbocycles. The Morgan fingerprint density at radius 2 is 1.89 bits per heavy atom. The van der Waals surface area contributed by atoms with Crippen LogP contribution in [0.15, 0.2) is 33.6 Å². The molecule has 144 valence electrons. The summed E-state index contributed by atoms with van der Waals surface area (Å²) in [7, 11) is -3.15. The fourth-order valence-electron chi connectivity index (χ4n) is 2.60. The maximum atomic E-state index is 12.7. The zero-order chi connectivity index (χ0) is 19.9. The van der Waals surface area contributed by atoms with Gasteiger partial charge in [-0.15, -0.1) is 0 Å². The van der Waals surface area contributed by atoms with Crippen molar-refractivity contribution in [2.24, 2.45) is 0 Å². The van der Waals surface area contributed by atoms with Gasteiger partial charge in [-0.1, -0.05) is 27.5 Å². The Morgan fingerprint density at radius 3 is 2.48 bits per heavy atom. The maximum Gasteiger partial charge on any atom is 0.341 e. The van der Waals surface area contributed by atoms with Gasteiger partial charge in [-0.3, -0.25) is 4.72 Å². The molecular weight excluding hydrogens is 462 g/mol. The minimum Gasteiger partial charge on any atom is -0.505 e. The van der Waals surface area contributed by atoms with Crippen LogP contribution in [0.2, 0.25) is 5.02 Å². The van der Waals surface area contributed by atoms with Crippen LogP contribution in [-0.2, 0) is 14.8 Å². The summed E-state index contributed by atoms with van der Waals surface area (Å²) in [6, 6.07) is 5.47. The number of methoxy groups -OCH3 is 1. The number of halogens is 2. The highest BCUT2D eigenvalue weighted by Crippen LogP contribution is 2.44. The van der Waals surface area contributed by atoms with Gasteiger partial charge in [0.1, 0.15) is 10.5 Å². The van der Waals surface area contributed by atoms with Gasteiger partial charge in [0.05, 0.1) is 17.8 Å². The molecule has 0 aromatic heterocycles. The Bertz CT molecular complexity index is 1040. The summed E-state index contributed by atoms with van der Waals surface area (Å²) < 4.78 is 32.7. The fourth-order valence-corrected chi connectivity index (χ4v) is 4.82. The van der Waals surface area contributed by atoms with Gasteiger partial charge in [0.15, 0.2) is 11.5 Å². The van der Waals surface area contributed by atoms with Crippen LogP contribution >= 0.6 is 27.5 Å². The van der Waals surface area contributed by atoms with Crippen LogP contribution in [0.4, 0.5) is 5.69 Å². The minimum atomic E-state index is -4.31. The predicted molar refractivity (Wildman–Crippen MR) is 103 cm³/mol. The standard InChI is InChI=1S/C17H15BrClNO6S/c1-26-17(23)11-4-9(8-2-3-8)5-13(15(11)21)20-27(24,25)14-7-10(18)6-12(19)16(14)22/h4-8,20-22H,2-3H2,1H3. The van der Waals surface area contributed by atoms with Crippen LogP contribution in [-0.4, -0.2) is 31.7 Å². The molecule has 0 heterocycles. The van der Waals surface area contributed by atoms with Gasteiger partial charge in [0.2, 0.25) is 0 Å². The van der Waals surface area contributed by atoms with Crippen molar-refractivity contribution in [3.05, 3.63) is 44.9 Å². The van der Waals surface area contributed by atoms with Crippen LogP contribution in [0.1, 0.15) is 34.7 Å². The van der Waals surface area contributed by atoms with E-state index in [0.717, 1.165) is 20.0 Å². The van der Waals surface area contributed by atoms with E-state index in [0.29, 0.717) is 10.0 Å². The average molecular weight is 477 g/mol. The molecule has 10 heteroatoms. The summed E-state index contributed by atoms with van der Waals surface area (Å²) in [5, 5.41) is 20.3. The van der Waals surface area contributed by atoms with E-state index in [2.05, 4.69) is 25.4 Å². The zero-order valence-corrected chi connectivity index (χ0v) is 17.2. The summed E-state index contributed by atoms with van der Waals surface area (Å²) in [6.07, 6.45) is 1.80. The first kappa shape index (κ1) is 19.8. The number of sulfonamides is 1. The number of hydrogen-bond donors (Lipinski definition) is 3. The lowest BCUT2D eigenvalue weighted by atomic mass is 10.0. The number of hydrogen-bond acceptors (Lipinski definition) is 6. The summed E-state index contributed by atoms with van der Waals surface area (Å²) in [6.45, 7) is 0. The van der Waals surface area contributed by atoms with Crippen molar-refractivity contribution in [2.75, 3.05) is 11.8 Å². The lowest BCUT2D eigenvalue weighted by molar-refractivity contribution is 0.0597. The highest BCUT2D eigenvalue weighted by molar-refractivity contribution is 9.10. The summed E-state index contributed by atoms with van der Waals surface area (Å²) in [4.78, 5) is 11.5. The third-order valence-corrected chi connectivity index (χ3v) is 6.24. The molecule has 0 unspecified atom stereocenters. The molecule has 0 radical (unpaired) electrons. The molecule has 0 saturated heterocycles. The number of esters is 1. The van der Waals surface area contributed by atoms with Crippen molar-refractivity contribution in [1.29, 1.82) is 0 Å². The third-order valence-electron chi connectivity index (χ3n) is 4.11. The molecule has 0 atom stereocenters. The summed E-state index contributed by atoms with van der Waals surface area (Å²) in [5.41, 5.74) is 0.383. The van der Waals surface area contributed by atoms with Crippen molar-refractivity contribution in [3.8, 4) is 11.5 Å². The molecule has 0 aliphatic heterocycles. The average Bonchev–Trinajstić information content (AvgIpc) is 3.44. The van der Waals surface area contributed by atoms with Crippen molar-refractivity contribution >= 4 is 49.2 Å². The van der Waals surface area contributed by atoms with E-state index in [1.165, 1.54) is 24.3 Å².